The molecule has 0 bridgehead atoms. The van der Waals surface area contributed by atoms with E-state index in [1.54, 1.807) is 6.07 Å². The second-order valence-electron chi connectivity index (χ2n) is 14.5. The predicted molar refractivity (Wildman–Crippen MR) is 191 cm³/mol. The van der Waals surface area contributed by atoms with Crippen LogP contribution in [0.3, 0.4) is 0 Å². The molecule has 3 heterocycles. The molecule has 2 fully saturated rings. The van der Waals surface area contributed by atoms with Gasteiger partial charge in [0.2, 0.25) is 15.9 Å². The first-order valence-corrected chi connectivity index (χ1v) is 19.6. The number of alkyl halides is 5. The number of benzene rings is 2. The molecule has 11 nitrogen and oxygen atoms in total. The predicted octanol–water partition coefficient (Wildman–Crippen LogP) is 6.34. The molecule has 0 spiro atoms. The average molecular weight is 836 g/mol. The highest BCUT2D eigenvalue weighted by Gasteiger charge is 2.68. The van der Waals surface area contributed by atoms with Gasteiger partial charge >= 0.3 is 6.18 Å². The van der Waals surface area contributed by atoms with Crippen LogP contribution in [0, 0.1) is 29.4 Å². The quantitative estimate of drug-likeness (QED) is 0.116. The van der Waals surface area contributed by atoms with Crippen molar-refractivity contribution >= 4 is 44.3 Å². The summed E-state index contributed by atoms with van der Waals surface area (Å²) in [6, 6.07) is 7.24. The van der Waals surface area contributed by atoms with Crippen molar-refractivity contribution in [2.24, 2.45) is 13.0 Å². The van der Waals surface area contributed by atoms with Gasteiger partial charge in [-0.1, -0.05) is 23.6 Å². The van der Waals surface area contributed by atoms with E-state index >= 15 is 8.78 Å². The molecular weight excluding hydrogens is 807 g/mol. The number of aryl methyl sites for hydroxylation is 1. The second-order valence-corrected chi connectivity index (χ2v) is 16.7. The number of amides is 1. The maximum absolute atomic E-state index is 15.4. The third-order valence-corrected chi connectivity index (χ3v) is 11.0. The smallest absolute Gasteiger partial charge is 0.378 e. The Kier molecular flexibility index (Phi) is 8.94. The second kappa shape index (κ2) is 13.2. The lowest BCUT2D eigenvalue weighted by Crippen LogP contribution is -2.35. The maximum Gasteiger partial charge on any atom is 0.435 e. The number of nitrogens with one attached hydrogen (secondary N) is 2. The molecule has 3 aliphatic carbocycles. The van der Waals surface area contributed by atoms with E-state index in [9.17, 15) is 40.3 Å². The first-order chi connectivity index (χ1) is 26.6. The molecule has 3 aromatic heterocycles. The number of aromatic nitrogens is 5. The van der Waals surface area contributed by atoms with Crippen LogP contribution in [0.25, 0.3) is 22.0 Å². The Balaban J connectivity index is 1.27. The maximum atomic E-state index is 15.4. The third kappa shape index (κ3) is 7.30. The van der Waals surface area contributed by atoms with Gasteiger partial charge in [-0.05, 0) is 73.4 Å². The first-order valence-electron chi connectivity index (χ1n) is 17.3. The normalized spacial score (nSPS) is 19.4. The molecule has 2 aromatic carbocycles. The van der Waals surface area contributed by atoms with E-state index in [4.69, 9.17) is 11.6 Å². The van der Waals surface area contributed by atoms with Crippen LogP contribution in [-0.2, 0) is 46.9 Å². The van der Waals surface area contributed by atoms with Crippen molar-refractivity contribution in [1.82, 2.24) is 29.9 Å². The summed E-state index contributed by atoms with van der Waals surface area (Å²) in [5.74, 6) is -3.72. The summed E-state index contributed by atoms with van der Waals surface area (Å²) >= 11 is 6.56. The summed E-state index contributed by atoms with van der Waals surface area (Å²) in [5.41, 5.74) is -3.49. The van der Waals surface area contributed by atoms with Gasteiger partial charge in [0.05, 0.1) is 33.9 Å². The summed E-state index contributed by atoms with van der Waals surface area (Å²) in [7, 11) is -2.34. The average Bonchev–Trinajstić information content (AvgIpc) is 3.96. The zero-order valence-electron chi connectivity index (χ0n) is 29.6. The molecule has 8 rings (SSSR count). The highest BCUT2D eigenvalue weighted by molar-refractivity contribution is 7.92. The topological polar surface area (TPSA) is 144 Å². The molecule has 57 heavy (non-hydrogen) atoms. The van der Waals surface area contributed by atoms with Crippen molar-refractivity contribution in [2.75, 3.05) is 11.0 Å². The standard InChI is InChI=1S/C37H29ClF7N7O4S/c1-51-31-22(5-6-25(38)29(31)34(49-51)50-57(2,55)56)21-4-3-20(7-8-35(54)9-10-35)46-30(21)26(13-17-11-18(39)14-19(40)12-17)47-27(53)16-52-33-28(32(48-52)37(43,44)45)23-15-24(23)36(33,41)42/h3-6,11-12,14,23-24,26,54H,9-10,13,15-16H2,1-2H3,(H,47,53)(H,49,50)/t23-,24?,26-/m0/s1. The molecule has 1 amide bonds. The molecule has 0 saturated heterocycles. The number of hydrogen-bond acceptors (Lipinski definition) is 7. The number of carbonyl (C=O) groups is 1. The highest BCUT2D eigenvalue weighted by Crippen LogP contribution is 2.68. The Hall–Kier alpha value is -5.19. The van der Waals surface area contributed by atoms with Crippen LogP contribution in [0.2, 0.25) is 5.02 Å². The molecule has 298 valence electrons. The fourth-order valence-electron chi connectivity index (χ4n) is 7.45. The van der Waals surface area contributed by atoms with Crippen LogP contribution in [0.4, 0.5) is 36.6 Å². The van der Waals surface area contributed by atoms with Crippen molar-refractivity contribution in [3.05, 3.63) is 93.0 Å². The largest absolute Gasteiger partial charge is 0.435 e. The summed E-state index contributed by atoms with van der Waals surface area (Å²) in [5, 5.41) is 21.0. The van der Waals surface area contributed by atoms with Gasteiger partial charge in [-0.15, -0.1) is 0 Å². The van der Waals surface area contributed by atoms with Crippen LogP contribution in [0.15, 0.2) is 42.5 Å². The number of nitrogens with zero attached hydrogens (tertiary/aromatic N) is 5. The number of sulfonamides is 1. The minimum atomic E-state index is -5.08. The monoisotopic (exact) mass is 835 g/mol. The zero-order valence-corrected chi connectivity index (χ0v) is 31.2. The van der Waals surface area contributed by atoms with E-state index < -0.39 is 93.1 Å². The Morgan fingerprint density at radius 1 is 1.09 bits per heavy atom. The van der Waals surface area contributed by atoms with Crippen LogP contribution in [0.5, 0.6) is 0 Å². The number of fused-ring (bicyclic) bond motifs is 4. The van der Waals surface area contributed by atoms with E-state index in [0.717, 1.165) is 18.4 Å². The summed E-state index contributed by atoms with van der Waals surface area (Å²) in [4.78, 5) is 18.6. The summed E-state index contributed by atoms with van der Waals surface area (Å²) < 4.78 is 130. The number of carbonyl (C=O) groups excluding carboxylic acids is 1. The highest BCUT2D eigenvalue weighted by atomic mass is 35.5. The Bertz CT molecular complexity index is 2680. The fourth-order valence-corrected chi connectivity index (χ4v) is 8.19. The molecule has 3 aliphatic rings. The summed E-state index contributed by atoms with van der Waals surface area (Å²) in [6.45, 7) is -1.09. The SMILES string of the molecule is Cn1nc(NS(C)(=O)=O)c2c(Cl)ccc(-c3ccc(C#CC4(O)CC4)nc3[C@H](Cc3cc(F)cc(F)c3)NC(=O)Cn3nc(C(F)(F)F)c4c3C(F)(F)C3C[C@H]43)c21. The number of rotatable bonds is 9. The van der Waals surface area contributed by atoms with E-state index in [0.29, 0.717) is 29.2 Å². The molecule has 1 unspecified atom stereocenters. The third-order valence-electron chi connectivity index (χ3n) is 10.1. The minimum absolute atomic E-state index is 0.00159. The lowest BCUT2D eigenvalue weighted by atomic mass is 9.93. The van der Waals surface area contributed by atoms with E-state index in [1.807, 2.05) is 0 Å². The van der Waals surface area contributed by atoms with Crippen LogP contribution < -0.4 is 10.0 Å². The van der Waals surface area contributed by atoms with Gasteiger partial charge < -0.3 is 10.4 Å². The first kappa shape index (κ1) is 38.7. The number of halogens is 8. The molecule has 2 saturated carbocycles. The van der Waals surface area contributed by atoms with E-state index in [1.165, 1.54) is 29.9 Å². The van der Waals surface area contributed by atoms with Crippen molar-refractivity contribution in [1.29, 1.82) is 0 Å². The van der Waals surface area contributed by atoms with Gasteiger partial charge in [-0.3, -0.25) is 18.9 Å². The lowest BCUT2D eigenvalue weighted by molar-refractivity contribution is -0.142. The lowest BCUT2D eigenvalue weighted by Gasteiger charge is -2.23. The molecule has 5 aromatic rings. The van der Waals surface area contributed by atoms with Crippen molar-refractivity contribution in [2.45, 2.75) is 61.9 Å². The fraction of sp³-hybridized carbons (Fsp3) is 0.351. The van der Waals surface area contributed by atoms with Crippen molar-refractivity contribution < 1.29 is 49.1 Å². The molecule has 20 heteroatoms. The number of aliphatic hydroxyl groups is 1. The van der Waals surface area contributed by atoms with Gasteiger partial charge in [0.1, 0.15) is 35.2 Å². The van der Waals surface area contributed by atoms with Gasteiger partial charge in [-0.2, -0.15) is 32.1 Å². The molecule has 3 atom stereocenters. The van der Waals surface area contributed by atoms with Crippen LogP contribution in [0.1, 0.15) is 65.1 Å². The Morgan fingerprint density at radius 3 is 2.42 bits per heavy atom. The minimum Gasteiger partial charge on any atom is -0.378 e. The molecular formula is C37H29ClF7N7O4S. The van der Waals surface area contributed by atoms with Gasteiger partial charge in [0.15, 0.2) is 11.5 Å². The zero-order chi connectivity index (χ0) is 41.0. The Morgan fingerprint density at radius 2 is 1.77 bits per heavy atom. The van der Waals surface area contributed by atoms with Gasteiger partial charge in [-0.25, -0.2) is 22.2 Å². The van der Waals surface area contributed by atoms with Crippen LogP contribution in [-0.4, -0.2) is 55.8 Å². The van der Waals surface area contributed by atoms with E-state index in [-0.39, 0.29) is 50.7 Å². The number of pyridine rings is 1. The van der Waals surface area contributed by atoms with Gasteiger partial charge in [0.25, 0.3) is 5.92 Å². The van der Waals surface area contributed by atoms with Crippen LogP contribution >= 0.6 is 11.6 Å². The Labute approximate surface area is 324 Å². The van der Waals surface area contributed by atoms with E-state index in [2.05, 4.69) is 37.1 Å². The van der Waals surface area contributed by atoms with Gasteiger partial charge in [0, 0.05) is 35.7 Å². The molecule has 0 radical (unpaired) electrons. The number of anilines is 1. The van der Waals surface area contributed by atoms with Crippen molar-refractivity contribution in [3.8, 4) is 23.0 Å². The number of hydrogen-bond donors (Lipinski definition) is 3. The molecule has 3 N–H and O–H groups in total. The molecule has 0 aliphatic heterocycles. The van der Waals surface area contributed by atoms with Crippen molar-refractivity contribution in [3.63, 3.8) is 0 Å². The summed E-state index contributed by atoms with van der Waals surface area (Å²) in [6.07, 6.45) is -3.89.